The zero-order valence-corrected chi connectivity index (χ0v) is 8.33. The largest absolute Gasteiger partial charge is 0.256 e. The number of fused-ring (bicyclic) bond motifs is 1. The van der Waals surface area contributed by atoms with E-state index in [0.717, 1.165) is 17.5 Å². The minimum absolute atomic E-state index is 0.984. The molecule has 1 heterocycles. The molecule has 1 aromatic carbocycles. The zero-order valence-electron chi connectivity index (χ0n) is 8.33. The third kappa shape index (κ3) is 1.53. The molecule has 1 nitrogen and oxygen atoms in total. The molecule has 2 aromatic rings. The highest BCUT2D eigenvalue weighted by Crippen LogP contribution is 2.20. The Kier molecular flexibility index (Phi) is 2.32. The molecule has 1 heteroatoms. The van der Waals surface area contributed by atoms with Gasteiger partial charge >= 0.3 is 0 Å². The number of pyridine rings is 1. The Morgan fingerprint density at radius 3 is 3.00 bits per heavy atom. The van der Waals surface area contributed by atoms with Crippen LogP contribution in [0.5, 0.6) is 0 Å². The van der Waals surface area contributed by atoms with Gasteiger partial charge in [0.15, 0.2) is 0 Å². The van der Waals surface area contributed by atoms with Gasteiger partial charge in [-0.3, -0.25) is 4.98 Å². The van der Waals surface area contributed by atoms with E-state index in [-0.39, 0.29) is 0 Å². The van der Waals surface area contributed by atoms with E-state index < -0.39 is 0 Å². The van der Waals surface area contributed by atoms with Crippen LogP contribution in [0.3, 0.4) is 0 Å². The normalized spacial score (nSPS) is 10.4. The van der Waals surface area contributed by atoms with Crippen LogP contribution in [0, 0.1) is 0 Å². The number of rotatable bonds is 2. The molecule has 0 saturated carbocycles. The Morgan fingerprint density at radius 2 is 2.21 bits per heavy atom. The summed E-state index contributed by atoms with van der Waals surface area (Å²) >= 11 is 0. The van der Waals surface area contributed by atoms with Crippen LogP contribution >= 0.6 is 0 Å². The average molecular weight is 183 g/mol. The maximum Gasteiger partial charge on any atom is 0.0708 e. The first-order valence-corrected chi connectivity index (χ1v) is 4.84. The van der Waals surface area contributed by atoms with Crippen LogP contribution in [0.4, 0.5) is 0 Å². The lowest BCUT2D eigenvalue weighted by atomic mass is 10.0. The highest BCUT2D eigenvalue weighted by molar-refractivity contribution is 5.82. The summed E-state index contributed by atoms with van der Waals surface area (Å²) in [7, 11) is 0. The second-order valence-electron chi connectivity index (χ2n) is 3.37. The summed E-state index contributed by atoms with van der Waals surface area (Å²) in [6.45, 7) is 6.14. The van der Waals surface area contributed by atoms with Crippen molar-refractivity contribution < 1.29 is 0 Å². The fourth-order valence-corrected chi connectivity index (χ4v) is 1.49. The molecule has 0 aliphatic heterocycles. The summed E-state index contributed by atoms with van der Waals surface area (Å²) in [5.41, 5.74) is 3.40. The van der Waals surface area contributed by atoms with Gasteiger partial charge in [-0.25, -0.2) is 0 Å². The van der Waals surface area contributed by atoms with Crippen LogP contribution in [-0.4, -0.2) is 4.98 Å². The lowest BCUT2D eigenvalue weighted by Gasteiger charge is -2.03. The zero-order chi connectivity index (χ0) is 9.97. The average Bonchev–Trinajstić information content (AvgIpc) is 2.27. The van der Waals surface area contributed by atoms with E-state index in [9.17, 15) is 0 Å². The van der Waals surface area contributed by atoms with Gasteiger partial charge < -0.3 is 0 Å². The summed E-state index contributed by atoms with van der Waals surface area (Å²) in [6.07, 6.45) is 2.80. The van der Waals surface area contributed by atoms with E-state index in [1.165, 1.54) is 10.9 Å². The first kappa shape index (κ1) is 8.95. The summed E-state index contributed by atoms with van der Waals surface area (Å²) in [4.78, 5) is 4.32. The summed E-state index contributed by atoms with van der Waals surface area (Å²) in [5, 5.41) is 1.18. The Bertz CT molecular complexity index is 471. The second-order valence-corrected chi connectivity index (χ2v) is 3.37. The molecule has 1 aromatic heterocycles. The molecule has 14 heavy (non-hydrogen) atoms. The number of benzene rings is 1. The van der Waals surface area contributed by atoms with E-state index in [1.807, 2.05) is 12.3 Å². The molecular formula is C13H13N. The van der Waals surface area contributed by atoms with Gasteiger partial charge in [0.05, 0.1) is 5.52 Å². The molecule has 0 amide bonds. The van der Waals surface area contributed by atoms with Crippen molar-refractivity contribution >= 4 is 16.5 Å². The molecule has 0 radical (unpaired) electrons. The molecular weight excluding hydrogens is 170 g/mol. The van der Waals surface area contributed by atoms with Gasteiger partial charge in [-0.1, -0.05) is 31.7 Å². The number of aromatic nitrogens is 1. The third-order valence-corrected chi connectivity index (χ3v) is 2.44. The standard InChI is InChI=1S/C13H13N/c1-3-10(2)12-7-6-11-5-4-8-14-13(11)9-12/h4-9H,2-3H2,1H3. The van der Waals surface area contributed by atoms with Gasteiger partial charge in [-0.05, 0) is 29.7 Å². The third-order valence-electron chi connectivity index (χ3n) is 2.44. The first-order chi connectivity index (χ1) is 6.81. The van der Waals surface area contributed by atoms with Gasteiger partial charge in [0.1, 0.15) is 0 Å². The van der Waals surface area contributed by atoms with Crippen LogP contribution in [0.1, 0.15) is 18.9 Å². The van der Waals surface area contributed by atoms with Crippen molar-refractivity contribution in [1.29, 1.82) is 0 Å². The predicted octanol–water partition coefficient (Wildman–Crippen LogP) is 3.66. The van der Waals surface area contributed by atoms with Crippen molar-refractivity contribution in [2.24, 2.45) is 0 Å². The van der Waals surface area contributed by atoms with Crippen molar-refractivity contribution in [1.82, 2.24) is 4.98 Å². The molecule has 0 spiro atoms. The van der Waals surface area contributed by atoms with Crippen LogP contribution in [0.25, 0.3) is 16.5 Å². The van der Waals surface area contributed by atoms with Crippen molar-refractivity contribution in [2.75, 3.05) is 0 Å². The van der Waals surface area contributed by atoms with E-state index in [2.05, 4.69) is 42.8 Å². The van der Waals surface area contributed by atoms with Gasteiger partial charge in [0.2, 0.25) is 0 Å². The Morgan fingerprint density at radius 1 is 1.36 bits per heavy atom. The molecule has 2 rings (SSSR count). The van der Waals surface area contributed by atoms with Crippen LogP contribution < -0.4 is 0 Å². The minimum Gasteiger partial charge on any atom is -0.256 e. The Balaban J connectivity index is 2.56. The lowest BCUT2D eigenvalue weighted by molar-refractivity contribution is 1.24. The van der Waals surface area contributed by atoms with Crippen molar-refractivity contribution in [3.63, 3.8) is 0 Å². The van der Waals surface area contributed by atoms with Crippen molar-refractivity contribution in [2.45, 2.75) is 13.3 Å². The van der Waals surface area contributed by atoms with Gasteiger partial charge in [0.25, 0.3) is 0 Å². The fraction of sp³-hybridized carbons (Fsp3) is 0.154. The smallest absolute Gasteiger partial charge is 0.0708 e. The maximum absolute atomic E-state index is 4.32. The minimum atomic E-state index is 0.984. The summed E-state index contributed by atoms with van der Waals surface area (Å²) in [6, 6.07) is 10.3. The highest BCUT2D eigenvalue weighted by atomic mass is 14.6. The lowest BCUT2D eigenvalue weighted by Crippen LogP contribution is -1.83. The van der Waals surface area contributed by atoms with Gasteiger partial charge in [-0.15, -0.1) is 0 Å². The summed E-state index contributed by atoms with van der Waals surface area (Å²) < 4.78 is 0. The molecule has 0 fully saturated rings. The van der Waals surface area contributed by atoms with Crippen molar-refractivity contribution in [3.05, 3.63) is 48.7 Å². The second kappa shape index (κ2) is 3.62. The van der Waals surface area contributed by atoms with Gasteiger partial charge in [0, 0.05) is 11.6 Å². The monoisotopic (exact) mass is 183 g/mol. The topological polar surface area (TPSA) is 12.9 Å². The molecule has 0 N–H and O–H groups in total. The molecule has 0 atom stereocenters. The highest BCUT2D eigenvalue weighted by Gasteiger charge is 1.98. The van der Waals surface area contributed by atoms with Gasteiger partial charge in [-0.2, -0.15) is 0 Å². The molecule has 0 unspecified atom stereocenters. The molecule has 70 valence electrons. The van der Waals surface area contributed by atoms with E-state index in [0.29, 0.717) is 0 Å². The maximum atomic E-state index is 4.32. The number of hydrogen-bond acceptors (Lipinski definition) is 1. The molecule has 0 bridgehead atoms. The molecule has 0 saturated heterocycles. The summed E-state index contributed by atoms with van der Waals surface area (Å²) in [5.74, 6) is 0. The van der Waals surface area contributed by atoms with Crippen molar-refractivity contribution in [3.8, 4) is 0 Å². The molecule has 0 aliphatic rings. The van der Waals surface area contributed by atoms with Crippen LogP contribution in [0.15, 0.2) is 43.1 Å². The van der Waals surface area contributed by atoms with Crippen LogP contribution in [0.2, 0.25) is 0 Å². The van der Waals surface area contributed by atoms with Crippen LogP contribution in [-0.2, 0) is 0 Å². The number of hydrogen-bond donors (Lipinski definition) is 0. The van der Waals surface area contributed by atoms with E-state index >= 15 is 0 Å². The van der Waals surface area contributed by atoms with E-state index in [4.69, 9.17) is 0 Å². The number of allylic oxidation sites excluding steroid dienone is 1. The Labute approximate surface area is 84.1 Å². The molecule has 0 aliphatic carbocycles. The number of nitrogens with zero attached hydrogens (tertiary/aromatic N) is 1. The fourth-order valence-electron chi connectivity index (χ4n) is 1.49. The quantitative estimate of drug-likeness (QED) is 0.692. The van der Waals surface area contributed by atoms with E-state index in [1.54, 1.807) is 0 Å². The SMILES string of the molecule is C=C(CC)c1ccc2cccnc2c1. The Hall–Kier alpha value is -1.63. The first-order valence-electron chi connectivity index (χ1n) is 4.84. The predicted molar refractivity (Wildman–Crippen MR) is 61.1 cm³/mol.